The van der Waals surface area contributed by atoms with Crippen LogP contribution in [0.2, 0.25) is 0 Å². The molecule has 0 aromatic heterocycles. The van der Waals surface area contributed by atoms with E-state index in [1.54, 1.807) is 6.07 Å². The summed E-state index contributed by atoms with van der Waals surface area (Å²) in [6.07, 6.45) is 8.67. The highest BCUT2D eigenvalue weighted by Gasteiger charge is 2.18. The molecule has 138 valence electrons. The van der Waals surface area contributed by atoms with Gasteiger partial charge in [0, 0.05) is 12.2 Å². The molecule has 0 saturated carbocycles. The number of nitrogens with one attached hydrogen (secondary N) is 1. The number of benzene rings is 1. The molecular formula is C21H31NO3. The zero-order chi connectivity index (χ0) is 18.3. The van der Waals surface area contributed by atoms with E-state index in [1.165, 1.54) is 19.1 Å². The molecule has 1 aliphatic carbocycles. The molecule has 2 rings (SSSR count). The van der Waals surface area contributed by atoms with Crippen LogP contribution in [0.4, 0.5) is 5.69 Å². The Morgan fingerprint density at radius 2 is 2.12 bits per heavy atom. The van der Waals surface area contributed by atoms with Crippen molar-refractivity contribution in [1.29, 1.82) is 0 Å². The van der Waals surface area contributed by atoms with Crippen LogP contribution in [0.1, 0.15) is 62.7 Å². The molecule has 1 aliphatic rings. The summed E-state index contributed by atoms with van der Waals surface area (Å²) in [4.78, 5) is 11.8. The summed E-state index contributed by atoms with van der Waals surface area (Å²) in [6, 6.07) is 7.49. The minimum absolute atomic E-state index is 0.307. The Hall–Kier alpha value is -1.81. The number of anilines is 1. The first-order valence-electron chi connectivity index (χ1n) is 9.20. The number of esters is 1. The lowest BCUT2D eigenvalue weighted by Gasteiger charge is -2.25. The van der Waals surface area contributed by atoms with Crippen LogP contribution in [-0.4, -0.2) is 30.3 Å². The Labute approximate surface area is 151 Å². The van der Waals surface area contributed by atoms with Crippen molar-refractivity contribution in [1.82, 2.24) is 0 Å². The lowest BCUT2D eigenvalue weighted by atomic mass is 9.85. The summed E-state index contributed by atoms with van der Waals surface area (Å²) in [6.45, 7) is 4.60. The number of aliphatic hydroxyl groups is 1. The molecule has 25 heavy (non-hydrogen) atoms. The standard InChI is InChI=1S/C21H31NO3/c1-21(2,24)13-7-10-16-8-6-9-17(14-16)15-22-19-12-5-4-11-18(19)20(23)25-3/h4-5,8,11-12,17,22,24H,6-7,9-10,13-15H2,1-3H3. The van der Waals surface area contributed by atoms with Gasteiger partial charge in [0.15, 0.2) is 0 Å². The zero-order valence-corrected chi connectivity index (χ0v) is 15.7. The lowest BCUT2D eigenvalue weighted by molar-refractivity contribution is 0.0601. The van der Waals surface area contributed by atoms with E-state index in [2.05, 4.69) is 11.4 Å². The molecule has 1 unspecified atom stereocenters. The Kier molecular flexibility index (Phi) is 7.06. The quantitative estimate of drug-likeness (QED) is 0.536. The summed E-state index contributed by atoms with van der Waals surface area (Å²) in [5.41, 5.74) is 2.35. The van der Waals surface area contributed by atoms with Gasteiger partial charge >= 0.3 is 5.97 Å². The number of ether oxygens (including phenoxy) is 1. The maximum Gasteiger partial charge on any atom is 0.339 e. The Balaban J connectivity index is 1.84. The first kappa shape index (κ1) is 19.5. The van der Waals surface area contributed by atoms with Crippen LogP contribution in [-0.2, 0) is 4.74 Å². The molecular weight excluding hydrogens is 314 g/mol. The van der Waals surface area contributed by atoms with E-state index in [0.717, 1.165) is 44.3 Å². The zero-order valence-electron chi connectivity index (χ0n) is 15.7. The average Bonchev–Trinajstić information content (AvgIpc) is 2.59. The SMILES string of the molecule is COC(=O)c1ccccc1NCC1CCC=C(CCCC(C)(C)O)C1. The van der Waals surface area contributed by atoms with Gasteiger partial charge in [-0.2, -0.15) is 0 Å². The fraction of sp³-hybridized carbons (Fsp3) is 0.571. The molecule has 0 aliphatic heterocycles. The van der Waals surface area contributed by atoms with Crippen LogP contribution in [0.5, 0.6) is 0 Å². The monoisotopic (exact) mass is 345 g/mol. The van der Waals surface area contributed by atoms with Gasteiger partial charge in [0.05, 0.1) is 18.3 Å². The number of para-hydroxylation sites is 1. The van der Waals surface area contributed by atoms with E-state index in [1.807, 2.05) is 32.0 Å². The second kappa shape index (κ2) is 9.04. The predicted molar refractivity (Wildman–Crippen MR) is 102 cm³/mol. The molecule has 1 atom stereocenters. The van der Waals surface area contributed by atoms with Crippen molar-refractivity contribution in [2.45, 2.75) is 58.0 Å². The van der Waals surface area contributed by atoms with Gasteiger partial charge in [-0.1, -0.05) is 23.8 Å². The van der Waals surface area contributed by atoms with Crippen LogP contribution in [0.15, 0.2) is 35.9 Å². The van der Waals surface area contributed by atoms with E-state index in [0.29, 0.717) is 11.5 Å². The van der Waals surface area contributed by atoms with Crippen molar-refractivity contribution in [3.63, 3.8) is 0 Å². The third-order valence-electron chi connectivity index (χ3n) is 4.76. The van der Waals surface area contributed by atoms with E-state index < -0.39 is 5.60 Å². The molecule has 4 nitrogen and oxygen atoms in total. The molecule has 0 spiro atoms. The van der Waals surface area contributed by atoms with Crippen LogP contribution in [0, 0.1) is 5.92 Å². The topological polar surface area (TPSA) is 58.6 Å². The molecule has 0 amide bonds. The van der Waals surface area contributed by atoms with Gasteiger partial charge in [-0.25, -0.2) is 4.79 Å². The second-order valence-corrected chi connectivity index (χ2v) is 7.59. The maximum absolute atomic E-state index is 11.8. The average molecular weight is 345 g/mol. The van der Waals surface area contributed by atoms with Crippen molar-refractivity contribution >= 4 is 11.7 Å². The molecule has 0 fully saturated rings. The third kappa shape index (κ3) is 6.54. The van der Waals surface area contributed by atoms with Crippen molar-refractivity contribution in [3.8, 4) is 0 Å². The lowest BCUT2D eigenvalue weighted by Crippen LogP contribution is -2.20. The minimum atomic E-state index is -0.576. The second-order valence-electron chi connectivity index (χ2n) is 7.59. The molecule has 1 aromatic rings. The minimum Gasteiger partial charge on any atom is -0.465 e. The normalized spacial score (nSPS) is 17.8. The highest BCUT2D eigenvalue weighted by Crippen LogP contribution is 2.29. The number of carbonyl (C=O) groups is 1. The van der Waals surface area contributed by atoms with E-state index in [-0.39, 0.29) is 5.97 Å². The number of allylic oxidation sites excluding steroid dienone is 2. The highest BCUT2D eigenvalue weighted by molar-refractivity contribution is 5.95. The summed E-state index contributed by atoms with van der Waals surface area (Å²) in [5, 5.41) is 13.3. The van der Waals surface area contributed by atoms with Crippen molar-refractivity contribution in [2.75, 3.05) is 19.0 Å². The molecule has 4 heteroatoms. The fourth-order valence-corrected chi connectivity index (χ4v) is 3.39. The number of carbonyl (C=O) groups excluding carboxylic acids is 1. The number of hydrogen-bond acceptors (Lipinski definition) is 4. The smallest absolute Gasteiger partial charge is 0.339 e. The van der Waals surface area contributed by atoms with Gasteiger partial charge in [0.2, 0.25) is 0 Å². The van der Waals surface area contributed by atoms with Gasteiger partial charge in [-0.15, -0.1) is 0 Å². The van der Waals surface area contributed by atoms with Gasteiger partial charge in [-0.3, -0.25) is 0 Å². The van der Waals surface area contributed by atoms with E-state index in [4.69, 9.17) is 4.74 Å². The van der Waals surface area contributed by atoms with Crippen LogP contribution < -0.4 is 5.32 Å². The highest BCUT2D eigenvalue weighted by atomic mass is 16.5. The Morgan fingerprint density at radius 1 is 1.36 bits per heavy atom. The van der Waals surface area contributed by atoms with E-state index in [9.17, 15) is 9.90 Å². The third-order valence-corrected chi connectivity index (χ3v) is 4.76. The van der Waals surface area contributed by atoms with Crippen LogP contribution >= 0.6 is 0 Å². The number of methoxy groups -OCH3 is 1. The van der Waals surface area contributed by atoms with Crippen molar-refractivity contribution in [2.24, 2.45) is 5.92 Å². The molecule has 0 radical (unpaired) electrons. The Morgan fingerprint density at radius 3 is 2.84 bits per heavy atom. The maximum atomic E-state index is 11.8. The fourth-order valence-electron chi connectivity index (χ4n) is 3.39. The summed E-state index contributed by atoms with van der Waals surface area (Å²) in [5.74, 6) is 0.270. The first-order chi connectivity index (χ1) is 11.9. The summed E-state index contributed by atoms with van der Waals surface area (Å²) in [7, 11) is 1.41. The van der Waals surface area contributed by atoms with Crippen LogP contribution in [0.3, 0.4) is 0 Å². The van der Waals surface area contributed by atoms with Gasteiger partial charge in [-0.05, 0) is 70.4 Å². The Bertz CT molecular complexity index is 601. The predicted octanol–water partition coefficient (Wildman–Crippen LogP) is 4.55. The van der Waals surface area contributed by atoms with Crippen LogP contribution in [0.25, 0.3) is 0 Å². The molecule has 0 bridgehead atoms. The van der Waals surface area contributed by atoms with Crippen molar-refractivity contribution in [3.05, 3.63) is 41.5 Å². The van der Waals surface area contributed by atoms with Gasteiger partial charge in [0.1, 0.15) is 0 Å². The molecule has 0 heterocycles. The molecule has 1 aromatic carbocycles. The summed E-state index contributed by atoms with van der Waals surface area (Å²) < 4.78 is 4.85. The molecule has 2 N–H and O–H groups in total. The molecule has 0 saturated heterocycles. The largest absolute Gasteiger partial charge is 0.465 e. The van der Waals surface area contributed by atoms with Gasteiger partial charge < -0.3 is 15.2 Å². The number of hydrogen-bond donors (Lipinski definition) is 2. The van der Waals surface area contributed by atoms with Gasteiger partial charge in [0.25, 0.3) is 0 Å². The van der Waals surface area contributed by atoms with Crippen molar-refractivity contribution < 1.29 is 14.6 Å². The van der Waals surface area contributed by atoms with E-state index >= 15 is 0 Å². The summed E-state index contributed by atoms with van der Waals surface area (Å²) >= 11 is 0. The number of rotatable bonds is 8. The first-order valence-corrected chi connectivity index (χ1v) is 9.20.